The van der Waals surface area contributed by atoms with Gasteiger partial charge in [0, 0.05) is 29.3 Å². The van der Waals surface area contributed by atoms with E-state index in [0.29, 0.717) is 5.92 Å². The van der Waals surface area contributed by atoms with Crippen LogP contribution in [-0.2, 0) is 6.42 Å². The lowest BCUT2D eigenvalue weighted by Crippen LogP contribution is -2.24. The number of hydrogen-bond donors (Lipinski definition) is 1. The summed E-state index contributed by atoms with van der Waals surface area (Å²) in [6, 6.07) is 9.06. The maximum Gasteiger partial charge on any atom is 0.154 e. The summed E-state index contributed by atoms with van der Waals surface area (Å²) in [6.45, 7) is 1.85. The number of hydrogen-bond acceptors (Lipinski definition) is 4. The molecule has 0 spiro atoms. The average molecular weight is 347 g/mol. The number of rotatable bonds is 1. The number of aliphatic imine (C=N–C) groups is 1. The minimum absolute atomic E-state index is 0.199. The summed E-state index contributed by atoms with van der Waals surface area (Å²) in [4.78, 5) is 9.16. The molecule has 0 saturated carbocycles. The largest absolute Gasteiger partial charge is 0.379 e. The molecule has 0 amide bonds. The lowest BCUT2D eigenvalue weighted by molar-refractivity contribution is 0.448. The molecule has 1 aliphatic carbocycles. The molecule has 25 heavy (non-hydrogen) atoms. The van der Waals surface area contributed by atoms with Crippen LogP contribution in [0.4, 0.5) is 0 Å². The van der Waals surface area contributed by atoms with Crippen molar-refractivity contribution in [2.45, 2.75) is 32.2 Å². The van der Waals surface area contributed by atoms with Crippen LogP contribution in [0.5, 0.6) is 0 Å². The highest BCUT2D eigenvalue weighted by molar-refractivity contribution is 8.13. The minimum atomic E-state index is 0.199. The van der Waals surface area contributed by atoms with Gasteiger partial charge >= 0.3 is 0 Å². The molecule has 2 aromatic rings. The van der Waals surface area contributed by atoms with Crippen LogP contribution in [0, 0.1) is 17.8 Å². The third-order valence-electron chi connectivity index (χ3n) is 4.98. The van der Waals surface area contributed by atoms with Gasteiger partial charge in [0.1, 0.15) is 0 Å². The van der Waals surface area contributed by atoms with E-state index in [0.717, 1.165) is 28.5 Å². The van der Waals surface area contributed by atoms with Gasteiger partial charge < -0.3 is 5.73 Å². The van der Waals surface area contributed by atoms with E-state index >= 15 is 0 Å². The third kappa shape index (κ3) is 3.29. The van der Waals surface area contributed by atoms with E-state index in [4.69, 9.17) is 10.7 Å². The summed E-state index contributed by atoms with van der Waals surface area (Å²) in [5.41, 5.74) is 12.0. The van der Waals surface area contributed by atoms with E-state index < -0.39 is 0 Å². The summed E-state index contributed by atoms with van der Waals surface area (Å²) in [7, 11) is 0. The first-order valence-electron chi connectivity index (χ1n) is 8.71. The van der Waals surface area contributed by atoms with Crippen LogP contribution < -0.4 is 5.73 Å². The standard InChI is InChI=1S/C21H21N3S/c1-2-4-14-9-18(12-23-11-14)16-8-7-15-5-3-6-17-13-25-21(22)24-20(17)19(15)10-16/h7-12,17,20H,3,5-6,13H2,1H3,(H2,22,24). The second kappa shape index (κ2) is 6.93. The first-order chi connectivity index (χ1) is 12.2. The Morgan fingerprint density at radius 3 is 3.00 bits per heavy atom. The van der Waals surface area contributed by atoms with Gasteiger partial charge in [-0.2, -0.15) is 0 Å². The Labute approximate surface area is 153 Å². The fraction of sp³-hybridized carbons (Fsp3) is 0.333. The molecule has 2 atom stereocenters. The summed E-state index contributed by atoms with van der Waals surface area (Å²) >= 11 is 1.70. The Kier molecular flexibility index (Phi) is 4.50. The number of aryl methyl sites for hydroxylation is 1. The van der Waals surface area contributed by atoms with Crippen LogP contribution in [0.3, 0.4) is 0 Å². The van der Waals surface area contributed by atoms with Crippen LogP contribution in [0.1, 0.15) is 42.5 Å². The van der Waals surface area contributed by atoms with Gasteiger partial charge in [0.15, 0.2) is 5.17 Å². The van der Waals surface area contributed by atoms with Crippen LogP contribution in [-0.4, -0.2) is 15.9 Å². The number of nitrogens with zero attached hydrogens (tertiary/aromatic N) is 2. The van der Waals surface area contributed by atoms with Crippen LogP contribution in [0.15, 0.2) is 41.7 Å². The lowest BCUT2D eigenvalue weighted by atomic mass is 9.90. The Hall–Kier alpha value is -2.25. The Morgan fingerprint density at radius 2 is 2.12 bits per heavy atom. The molecule has 2 N–H and O–H groups in total. The molecule has 126 valence electrons. The van der Waals surface area contributed by atoms with E-state index in [2.05, 4.69) is 41.1 Å². The predicted octanol–water partition coefficient (Wildman–Crippen LogP) is 4.18. The van der Waals surface area contributed by atoms with E-state index in [-0.39, 0.29) is 6.04 Å². The van der Waals surface area contributed by atoms with Crippen LogP contribution in [0.2, 0.25) is 0 Å². The molecule has 1 aromatic heterocycles. The zero-order chi connectivity index (χ0) is 17.2. The first kappa shape index (κ1) is 16.2. The molecule has 0 saturated heterocycles. The fourth-order valence-electron chi connectivity index (χ4n) is 3.77. The minimum Gasteiger partial charge on any atom is -0.379 e. The van der Waals surface area contributed by atoms with Crippen molar-refractivity contribution in [1.82, 2.24) is 4.98 Å². The van der Waals surface area contributed by atoms with E-state index in [1.165, 1.54) is 29.5 Å². The molecule has 4 heteroatoms. The molecular weight excluding hydrogens is 326 g/mol. The van der Waals surface area contributed by atoms with Gasteiger partial charge in [-0.3, -0.25) is 9.98 Å². The normalized spacial score (nSPS) is 21.9. The SMILES string of the molecule is CC#Cc1cncc(-c2ccc3c(c2)C2N=C(N)SCC2CCC3)c1. The molecule has 1 aliphatic heterocycles. The number of thioether (sulfide) groups is 1. The number of fused-ring (bicyclic) bond motifs is 3. The third-order valence-corrected chi connectivity index (χ3v) is 5.98. The molecule has 4 rings (SSSR count). The highest BCUT2D eigenvalue weighted by atomic mass is 32.2. The number of nitrogens with two attached hydrogens (primary N) is 1. The van der Waals surface area contributed by atoms with Gasteiger partial charge in [-0.05, 0) is 60.9 Å². The van der Waals surface area contributed by atoms with Crippen molar-refractivity contribution in [3.8, 4) is 23.0 Å². The molecule has 2 aliphatic rings. The van der Waals surface area contributed by atoms with E-state index in [1.54, 1.807) is 11.8 Å². The quantitative estimate of drug-likeness (QED) is 0.788. The average Bonchev–Trinajstić information content (AvgIpc) is 2.81. The van der Waals surface area contributed by atoms with Gasteiger partial charge in [0.05, 0.1) is 6.04 Å². The lowest BCUT2D eigenvalue weighted by Gasteiger charge is -2.27. The van der Waals surface area contributed by atoms with Crippen LogP contribution in [0.25, 0.3) is 11.1 Å². The zero-order valence-corrected chi connectivity index (χ0v) is 15.1. The Balaban J connectivity index is 1.79. The second-order valence-electron chi connectivity index (χ2n) is 6.63. The van der Waals surface area contributed by atoms with Crippen molar-refractivity contribution in [2.75, 3.05) is 5.75 Å². The Bertz CT molecular complexity index is 891. The van der Waals surface area contributed by atoms with Gasteiger partial charge in [0.25, 0.3) is 0 Å². The van der Waals surface area contributed by atoms with Crippen molar-refractivity contribution in [3.05, 3.63) is 53.3 Å². The van der Waals surface area contributed by atoms with Crippen molar-refractivity contribution in [3.63, 3.8) is 0 Å². The molecular formula is C21H21N3S. The van der Waals surface area contributed by atoms with Gasteiger partial charge in [-0.1, -0.05) is 29.8 Å². The molecule has 2 unspecified atom stereocenters. The van der Waals surface area contributed by atoms with Crippen LogP contribution >= 0.6 is 11.8 Å². The van der Waals surface area contributed by atoms with Crippen molar-refractivity contribution in [1.29, 1.82) is 0 Å². The highest BCUT2D eigenvalue weighted by Crippen LogP contribution is 2.42. The topological polar surface area (TPSA) is 51.3 Å². The second-order valence-corrected chi connectivity index (χ2v) is 7.67. The maximum absolute atomic E-state index is 6.04. The molecule has 0 bridgehead atoms. The molecule has 0 radical (unpaired) electrons. The van der Waals surface area contributed by atoms with Crippen molar-refractivity contribution >= 4 is 16.9 Å². The van der Waals surface area contributed by atoms with E-state index in [9.17, 15) is 0 Å². The van der Waals surface area contributed by atoms with Gasteiger partial charge in [0.2, 0.25) is 0 Å². The summed E-state index contributed by atoms with van der Waals surface area (Å²) in [6.07, 6.45) is 7.30. The first-order valence-corrected chi connectivity index (χ1v) is 9.70. The summed E-state index contributed by atoms with van der Waals surface area (Å²) < 4.78 is 0. The molecule has 3 nitrogen and oxygen atoms in total. The summed E-state index contributed by atoms with van der Waals surface area (Å²) in [5.74, 6) is 7.69. The highest BCUT2D eigenvalue weighted by Gasteiger charge is 2.31. The van der Waals surface area contributed by atoms with Crippen molar-refractivity contribution < 1.29 is 0 Å². The number of pyridine rings is 1. The predicted molar refractivity (Wildman–Crippen MR) is 105 cm³/mol. The monoisotopic (exact) mass is 347 g/mol. The molecule has 1 aromatic carbocycles. The van der Waals surface area contributed by atoms with Crippen molar-refractivity contribution in [2.24, 2.45) is 16.6 Å². The fourth-order valence-corrected chi connectivity index (χ4v) is 4.69. The number of aromatic nitrogens is 1. The Morgan fingerprint density at radius 1 is 1.20 bits per heavy atom. The maximum atomic E-state index is 6.04. The molecule has 2 heterocycles. The van der Waals surface area contributed by atoms with E-state index in [1.807, 2.05) is 19.3 Å². The molecule has 0 fully saturated rings. The van der Waals surface area contributed by atoms with Gasteiger partial charge in [-0.25, -0.2) is 0 Å². The number of amidine groups is 1. The summed E-state index contributed by atoms with van der Waals surface area (Å²) in [5, 5.41) is 0.724. The zero-order valence-electron chi connectivity index (χ0n) is 14.3. The van der Waals surface area contributed by atoms with Gasteiger partial charge in [-0.15, -0.1) is 5.92 Å². The smallest absolute Gasteiger partial charge is 0.154 e. The number of benzene rings is 1.